The Morgan fingerprint density at radius 3 is 2.66 bits per heavy atom. The molecule has 29 heavy (non-hydrogen) atoms. The molecule has 1 aliphatic rings. The number of aromatic nitrogens is 2. The third kappa shape index (κ3) is 4.63. The molecule has 1 fully saturated rings. The summed E-state index contributed by atoms with van der Waals surface area (Å²) in [7, 11) is -3.67. The number of aryl methyl sites for hydroxylation is 1. The quantitative estimate of drug-likeness (QED) is 0.583. The second-order valence-corrected chi connectivity index (χ2v) is 9.25. The summed E-state index contributed by atoms with van der Waals surface area (Å²) in [5.41, 5.74) is 1.24. The average Bonchev–Trinajstić information content (AvgIpc) is 3.02. The third-order valence-electron chi connectivity index (χ3n) is 5.16. The Labute approximate surface area is 172 Å². The molecule has 1 saturated carbocycles. The van der Waals surface area contributed by atoms with Gasteiger partial charge in [-0.2, -0.15) is 8.42 Å². The van der Waals surface area contributed by atoms with E-state index in [1.165, 1.54) is 0 Å². The van der Waals surface area contributed by atoms with Gasteiger partial charge in [-0.15, -0.1) is 0 Å². The SMILES string of the molecule is CS(=O)(=O)O.Cc1onc2c1c(=O)n(C1CCCC(CO)C1)c1cccc(Cl)c21. The van der Waals surface area contributed by atoms with Crippen molar-refractivity contribution in [3.8, 4) is 0 Å². The molecule has 0 radical (unpaired) electrons. The number of benzene rings is 1. The Hall–Kier alpha value is -1.94. The van der Waals surface area contributed by atoms with E-state index in [2.05, 4.69) is 5.16 Å². The first kappa shape index (κ1) is 21.8. The molecule has 10 heteroatoms. The van der Waals surface area contributed by atoms with Gasteiger partial charge in [0.1, 0.15) is 16.7 Å². The lowest BCUT2D eigenvalue weighted by atomic mass is 9.85. The zero-order valence-electron chi connectivity index (χ0n) is 16.1. The first-order chi connectivity index (χ1) is 13.6. The number of aliphatic hydroxyl groups is 1. The van der Waals surface area contributed by atoms with E-state index in [1.54, 1.807) is 13.0 Å². The van der Waals surface area contributed by atoms with Gasteiger partial charge in [0.2, 0.25) is 0 Å². The molecule has 0 aliphatic heterocycles. The molecule has 4 rings (SSSR count). The second-order valence-electron chi connectivity index (χ2n) is 7.37. The van der Waals surface area contributed by atoms with Gasteiger partial charge in [0.25, 0.3) is 15.7 Å². The largest absolute Gasteiger partial charge is 0.396 e. The molecule has 2 N–H and O–H groups in total. The summed E-state index contributed by atoms with van der Waals surface area (Å²) in [5, 5.41) is 15.4. The predicted molar refractivity (Wildman–Crippen MR) is 111 cm³/mol. The van der Waals surface area contributed by atoms with Crippen molar-refractivity contribution in [2.45, 2.75) is 38.6 Å². The van der Waals surface area contributed by atoms with Gasteiger partial charge in [-0.05, 0) is 44.2 Å². The fraction of sp³-hybridized carbons (Fsp3) is 0.474. The lowest BCUT2D eigenvalue weighted by Gasteiger charge is -2.30. The van der Waals surface area contributed by atoms with Crippen molar-refractivity contribution in [3.63, 3.8) is 0 Å². The molecular weight excluding hydrogens is 420 g/mol. The smallest absolute Gasteiger partial charge is 0.264 e. The minimum Gasteiger partial charge on any atom is -0.396 e. The first-order valence-electron chi connectivity index (χ1n) is 9.23. The Morgan fingerprint density at radius 1 is 1.31 bits per heavy atom. The van der Waals surface area contributed by atoms with Crippen LogP contribution in [0.5, 0.6) is 0 Å². The minimum absolute atomic E-state index is 0.0584. The fourth-order valence-electron chi connectivity index (χ4n) is 4.00. The van der Waals surface area contributed by atoms with Gasteiger partial charge in [0.05, 0.1) is 16.8 Å². The summed E-state index contributed by atoms with van der Waals surface area (Å²) in [4.78, 5) is 13.2. The van der Waals surface area contributed by atoms with Crippen LogP contribution in [0.25, 0.3) is 21.8 Å². The lowest BCUT2D eigenvalue weighted by Crippen LogP contribution is -2.30. The lowest BCUT2D eigenvalue weighted by molar-refractivity contribution is 0.163. The van der Waals surface area contributed by atoms with Crippen LogP contribution < -0.4 is 5.56 Å². The molecule has 0 spiro atoms. The zero-order chi connectivity index (χ0) is 21.3. The summed E-state index contributed by atoms with van der Waals surface area (Å²) in [6.45, 7) is 1.92. The number of hydrogen-bond acceptors (Lipinski definition) is 6. The van der Waals surface area contributed by atoms with E-state index in [0.29, 0.717) is 27.9 Å². The molecular formula is C19H23ClN2O6S. The molecule has 0 bridgehead atoms. The van der Waals surface area contributed by atoms with Crippen molar-refractivity contribution in [3.05, 3.63) is 39.3 Å². The third-order valence-corrected chi connectivity index (χ3v) is 5.48. The first-order valence-corrected chi connectivity index (χ1v) is 11.5. The Balaban J connectivity index is 0.000000431. The second kappa shape index (κ2) is 8.43. The number of halogens is 1. The topological polar surface area (TPSA) is 123 Å². The van der Waals surface area contributed by atoms with Gasteiger partial charge in [0, 0.05) is 18.0 Å². The standard InChI is InChI=1S/C18H19ClN2O3.CH4O3S/c1-10-15-17(20-24-10)16-13(19)6-3-7-14(16)21(18(15)23)12-5-2-4-11(8-12)9-22;1-5(2,3)4/h3,6-7,11-12,22H,2,4-5,8-9H2,1H3;1H3,(H,2,3,4). The van der Waals surface area contributed by atoms with Gasteiger partial charge in [0.15, 0.2) is 0 Å². The molecule has 1 aliphatic carbocycles. The molecule has 0 amide bonds. The molecule has 1 aromatic carbocycles. The summed E-state index contributed by atoms with van der Waals surface area (Å²) in [6.07, 6.45) is 4.45. The van der Waals surface area contributed by atoms with E-state index in [9.17, 15) is 18.3 Å². The van der Waals surface area contributed by atoms with Crippen molar-refractivity contribution >= 4 is 43.5 Å². The molecule has 2 atom stereocenters. The van der Waals surface area contributed by atoms with Gasteiger partial charge in [-0.1, -0.05) is 29.2 Å². The Morgan fingerprint density at radius 2 is 2.00 bits per heavy atom. The van der Waals surface area contributed by atoms with E-state index in [1.807, 2.05) is 16.7 Å². The van der Waals surface area contributed by atoms with Crippen molar-refractivity contribution in [2.75, 3.05) is 12.9 Å². The van der Waals surface area contributed by atoms with Crippen LogP contribution in [0.4, 0.5) is 0 Å². The van der Waals surface area contributed by atoms with E-state index in [4.69, 9.17) is 20.7 Å². The predicted octanol–water partition coefficient (Wildman–Crippen LogP) is 3.33. The highest BCUT2D eigenvalue weighted by atomic mass is 35.5. The molecule has 158 valence electrons. The summed E-state index contributed by atoms with van der Waals surface area (Å²) < 4.78 is 33.0. The molecule has 0 saturated heterocycles. The molecule has 3 aromatic rings. The van der Waals surface area contributed by atoms with Crippen LogP contribution >= 0.6 is 11.6 Å². The van der Waals surface area contributed by atoms with Crippen molar-refractivity contribution in [2.24, 2.45) is 5.92 Å². The highest BCUT2D eigenvalue weighted by Gasteiger charge is 2.27. The van der Waals surface area contributed by atoms with Crippen LogP contribution in [0.2, 0.25) is 5.02 Å². The molecule has 2 unspecified atom stereocenters. The number of aliphatic hydroxyl groups excluding tert-OH is 1. The summed E-state index contributed by atoms with van der Waals surface area (Å²) in [6, 6.07) is 5.63. The highest BCUT2D eigenvalue weighted by Crippen LogP contribution is 2.36. The fourth-order valence-corrected chi connectivity index (χ4v) is 4.26. The van der Waals surface area contributed by atoms with Crippen LogP contribution in [0.3, 0.4) is 0 Å². The van der Waals surface area contributed by atoms with Gasteiger partial charge in [-0.3, -0.25) is 9.35 Å². The van der Waals surface area contributed by atoms with Gasteiger partial charge >= 0.3 is 0 Å². The number of pyridine rings is 1. The van der Waals surface area contributed by atoms with Crippen molar-refractivity contribution in [1.29, 1.82) is 0 Å². The summed E-state index contributed by atoms with van der Waals surface area (Å²) >= 11 is 6.43. The van der Waals surface area contributed by atoms with E-state index in [-0.39, 0.29) is 24.1 Å². The number of rotatable bonds is 2. The molecule has 2 aromatic heterocycles. The van der Waals surface area contributed by atoms with Gasteiger partial charge < -0.3 is 14.2 Å². The van der Waals surface area contributed by atoms with Crippen LogP contribution in [0, 0.1) is 12.8 Å². The van der Waals surface area contributed by atoms with Crippen LogP contribution in [-0.4, -0.2) is 40.7 Å². The molecule has 8 nitrogen and oxygen atoms in total. The number of fused-ring (bicyclic) bond motifs is 3. The Bertz CT molecular complexity index is 1190. The monoisotopic (exact) mass is 442 g/mol. The average molecular weight is 443 g/mol. The van der Waals surface area contributed by atoms with Crippen LogP contribution in [0.15, 0.2) is 27.5 Å². The number of hydrogen-bond donors (Lipinski definition) is 2. The maximum absolute atomic E-state index is 13.2. The zero-order valence-corrected chi connectivity index (χ0v) is 17.7. The Kier molecular flexibility index (Phi) is 6.33. The summed E-state index contributed by atoms with van der Waals surface area (Å²) in [5.74, 6) is 0.754. The molecule has 2 heterocycles. The van der Waals surface area contributed by atoms with Gasteiger partial charge in [-0.25, -0.2) is 0 Å². The van der Waals surface area contributed by atoms with E-state index >= 15 is 0 Å². The number of nitrogens with zero attached hydrogens (tertiary/aromatic N) is 2. The van der Waals surface area contributed by atoms with E-state index < -0.39 is 10.1 Å². The maximum Gasteiger partial charge on any atom is 0.264 e. The normalized spacial score (nSPS) is 19.9. The van der Waals surface area contributed by atoms with E-state index in [0.717, 1.165) is 36.6 Å². The van der Waals surface area contributed by atoms with Crippen LogP contribution in [0.1, 0.15) is 37.5 Å². The van der Waals surface area contributed by atoms with Crippen molar-refractivity contribution in [1.82, 2.24) is 9.72 Å². The highest BCUT2D eigenvalue weighted by molar-refractivity contribution is 7.85. The minimum atomic E-state index is -3.67. The van der Waals surface area contributed by atoms with Crippen molar-refractivity contribution < 1.29 is 22.6 Å². The maximum atomic E-state index is 13.2. The van der Waals surface area contributed by atoms with Crippen LogP contribution in [-0.2, 0) is 10.1 Å².